The van der Waals surface area contributed by atoms with E-state index < -0.39 is 5.25 Å². The van der Waals surface area contributed by atoms with Gasteiger partial charge in [-0.15, -0.1) is 16.8 Å². The van der Waals surface area contributed by atoms with Crippen LogP contribution in [0.3, 0.4) is 0 Å². The summed E-state index contributed by atoms with van der Waals surface area (Å²) in [5.41, 5.74) is 0.741. The molecule has 1 saturated carbocycles. The number of thioether (sulfide) groups is 1. The van der Waals surface area contributed by atoms with Gasteiger partial charge in [0.05, 0.1) is 0 Å². The highest BCUT2D eigenvalue weighted by molar-refractivity contribution is 8.00. The van der Waals surface area contributed by atoms with Gasteiger partial charge in [-0.2, -0.15) is 0 Å². The number of nitrogens with zero attached hydrogens (tertiary/aromatic N) is 3. The van der Waals surface area contributed by atoms with Crippen molar-refractivity contribution in [1.29, 1.82) is 0 Å². The Kier molecular flexibility index (Phi) is 4.99. The Morgan fingerprint density at radius 2 is 2.17 bits per heavy atom. The monoisotopic (exact) mass is 346 g/mol. The van der Waals surface area contributed by atoms with Gasteiger partial charge in [-0.25, -0.2) is 4.39 Å². The maximum Gasteiger partial charge on any atom is 0.238 e. The zero-order valence-electron chi connectivity index (χ0n) is 13.4. The SMILES string of the molecule is C=CCn1c(C)nnc1SC(C(=O)NC1CC1)c1ccc(F)cc1. The zero-order valence-corrected chi connectivity index (χ0v) is 14.2. The van der Waals surface area contributed by atoms with E-state index in [1.54, 1.807) is 18.2 Å². The lowest BCUT2D eigenvalue weighted by molar-refractivity contribution is -0.120. The summed E-state index contributed by atoms with van der Waals surface area (Å²) in [5.74, 6) is 0.355. The van der Waals surface area contributed by atoms with Gasteiger partial charge in [0.25, 0.3) is 0 Å². The first-order valence-electron chi connectivity index (χ1n) is 7.81. The van der Waals surface area contributed by atoms with Crippen LogP contribution < -0.4 is 5.32 Å². The predicted octanol–water partition coefficient (Wildman–Crippen LogP) is 3.02. The maximum atomic E-state index is 13.2. The second-order valence-corrected chi connectivity index (χ2v) is 6.83. The number of aryl methyl sites for hydroxylation is 1. The molecule has 5 nitrogen and oxygen atoms in total. The number of carbonyl (C=O) groups is 1. The van der Waals surface area contributed by atoms with Gasteiger partial charge in [0.15, 0.2) is 5.16 Å². The molecule has 1 aromatic carbocycles. The smallest absolute Gasteiger partial charge is 0.238 e. The van der Waals surface area contributed by atoms with Crippen LogP contribution in [0.4, 0.5) is 4.39 Å². The van der Waals surface area contributed by atoms with Crippen LogP contribution in [0, 0.1) is 12.7 Å². The molecular formula is C17H19FN4OS. The van der Waals surface area contributed by atoms with Crippen molar-refractivity contribution in [2.24, 2.45) is 0 Å². The van der Waals surface area contributed by atoms with Crippen molar-refractivity contribution in [3.05, 3.63) is 54.1 Å². The average molecular weight is 346 g/mol. The van der Waals surface area contributed by atoms with Gasteiger partial charge in [-0.1, -0.05) is 30.0 Å². The molecule has 7 heteroatoms. The third-order valence-electron chi connectivity index (χ3n) is 3.77. The third-order valence-corrected chi connectivity index (χ3v) is 5.01. The van der Waals surface area contributed by atoms with Crippen molar-refractivity contribution in [2.45, 2.75) is 42.8 Å². The molecule has 0 bridgehead atoms. The number of rotatable bonds is 7. The first-order valence-corrected chi connectivity index (χ1v) is 8.69. The fourth-order valence-electron chi connectivity index (χ4n) is 2.31. The summed E-state index contributed by atoms with van der Waals surface area (Å²) >= 11 is 1.32. The molecule has 1 heterocycles. The Labute approximate surface area is 144 Å². The van der Waals surface area contributed by atoms with Crippen molar-refractivity contribution in [3.63, 3.8) is 0 Å². The summed E-state index contributed by atoms with van der Waals surface area (Å²) in [6.07, 6.45) is 3.79. The molecule has 0 spiro atoms. The van der Waals surface area contributed by atoms with E-state index in [2.05, 4.69) is 22.1 Å². The number of carbonyl (C=O) groups excluding carboxylic acids is 1. The molecule has 1 unspecified atom stereocenters. The van der Waals surface area contributed by atoms with Crippen molar-refractivity contribution >= 4 is 17.7 Å². The third kappa shape index (κ3) is 3.84. The molecule has 0 radical (unpaired) electrons. The molecule has 0 aliphatic heterocycles. The molecule has 126 valence electrons. The van der Waals surface area contributed by atoms with Gasteiger partial charge < -0.3 is 9.88 Å². The molecular weight excluding hydrogens is 327 g/mol. The number of hydrogen-bond donors (Lipinski definition) is 1. The number of halogens is 1. The van der Waals surface area contributed by atoms with E-state index in [1.165, 1.54) is 23.9 Å². The number of hydrogen-bond acceptors (Lipinski definition) is 4. The van der Waals surface area contributed by atoms with E-state index >= 15 is 0 Å². The number of benzene rings is 1. The highest BCUT2D eigenvalue weighted by Gasteiger charge is 2.30. The number of amides is 1. The topological polar surface area (TPSA) is 59.8 Å². The standard InChI is InChI=1S/C17H19FN4OS/c1-3-10-22-11(2)20-21-17(22)24-15(16(23)19-14-8-9-14)12-4-6-13(18)7-5-12/h3-7,14-15H,1,8-10H2,2H3,(H,19,23). The number of allylic oxidation sites excluding steroid dienone is 1. The number of aromatic nitrogens is 3. The second-order valence-electron chi connectivity index (χ2n) is 5.76. The van der Waals surface area contributed by atoms with E-state index in [1.807, 2.05) is 11.5 Å². The average Bonchev–Trinajstić information content (AvgIpc) is 3.31. The molecule has 0 saturated heterocycles. The van der Waals surface area contributed by atoms with E-state index in [9.17, 15) is 9.18 Å². The Hall–Kier alpha value is -2.15. The number of nitrogens with one attached hydrogen (secondary N) is 1. The molecule has 1 aliphatic carbocycles. The van der Waals surface area contributed by atoms with Crippen molar-refractivity contribution in [1.82, 2.24) is 20.1 Å². The van der Waals surface area contributed by atoms with Crippen LogP contribution in [0.5, 0.6) is 0 Å². The van der Waals surface area contributed by atoms with Crippen LogP contribution in [0.25, 0.3) is 0 Å². The fraction of sp³-hybridized carbons (Fsp3) is 0.353. The Morgan fingerprint density at radius 1 is 1.46 bits per heavy atom. The Bertz CT molecular complexity index is 740. The van der Waals surface area contributed by atoms with E-state index in [4.69, 9.17) is 0 Å². The largest absolute Gasteiger partial charge is 0.352 e. The minimum absolute atomic E-state index is 0.0834. The lowest BCUT2D eigenvalue weighted by Crippen LogP contribution is -2.30. The van der Waals surface area contributed by atoms with Gasteiger partial charge in [0.1, 0.15) is 16.9 Å². The Balaban J connectivity index is 1.87. The van der Waals surface area contributed by atoms with Crippen LogP contribution in [0.15, 0.2) is 42.1 Å². The van der Waals surface area contributed by atoms with Gasteiger partial charge in [-0.3, -0.25) is 4.79 Å². The highest BCUT2D eigenvalue weighted by atomic mass is 32.2. The lowest BCUT2D eigenvalue weighted by Gasteiger charge is -2.17. The summed E-state index contributed by atoms with van der Waals surface area (Å²) in [5, 5.41) is 11.4. The summed E-state index contributed by atoms with van der Waals surface area (Å²) in [7, 11) is 0. The normalized spacial score (nSPS) is 15.1. The van der Waals surface area contributed by atoms with Crippen molar-refractivity contribution < 1.29 is 9.18 Å². The fourth-order valence-corrected chi connectivity index (χ4v) is 3.41. The van der Waals surface area contributed by atoms with Gasteiger partial charge >= 0.3 is 0 Å². The molecule has 2 aromatic rings. The minimum atomic E-state index is -0.502. The molecule has 1 aliphatic rings. The highest BCUT2D eigenvalue weighted by Crippen LogP contribution is 2.36. The molecule has 1 N–H and O–H groups in total. The van der Waals surface area contributed by atoms with E-state index in [0.29, 0.717) is 11.7 Å². The second kappa shape index (κ2) is 7.17. The summed E-state index contributed by atoms with van der Waals surface area (Å²) < 4.78 is 15.1. The molecule has 3 rings (SSSR count). The molecule has 1 aromatic heterocycles. The van der Waals surface area contributed by atoms with Crippen LogP contribution in [-0.2, 0) is 11.3 Å². The molecule has 1 atom stereocenters. The Morgan fingerprint density at radius 3 is 2.79 bits per heavy atom. The van der Waals surface area contributed by atoms with Crippen LogP contribution >= 0.6 is 11.8 Å². The van der Waals surface area contributed by atoms with Crippen molar-refractivity contribution in [2.75, 3.05) is 0 Å². The summed E-state index contributed by atoms with van der Waals surface area (Å²) in [6, 6.07) is 6.27. The summed E-state index contributed by atoms with van der Waals surface area (Å²) in [6.45, 7) is 6.17. The molecule has 24 heavy (non-hydrogen) atoms. The maximum absolute atomic E-state index is 13.2. The molecule has 1 fully saturated rings. The van der Waals surface area contributed by atoms with Gasteiger partial charge in [0.2, 0.25) is 5.91 Å². The van der Waals surface area contributed by atoms with E-state index in [-0.39, 0.29) is 17.8 Å². The van der Waals surface area contributed by atoms with Crippen molar-refractivity contribution in [3.8, 4) is 0 Å². The van der Waals surface area contributed by atoms with Gasteiger partial charge in [-0.05, 0) is 37.5 Å². The van der Waals surface area contributed by atoms with Gasteiger partial charge in [0, 0.05) is 12.6 Å². The zero-order chi connectivity index (χ0) is 17.1. The predicted molar refractivity (Wildman–Crippen MR) is 91.1 cm³/mol. The van der Waals surface area contributed by atoms with E-state index in [0.717, 1.165) is 24.2 Å². The minimum Gasteiger partial charge on any atom is -0.352 e. The lowest BCUT2D eigenvalue weighted by atomic mass is 10.1. The van der Waals surface area contributed by atoms with Crippen LogP contribution in [0.1, 0.15) is 29.5 Å². The molecule has 1 amide bonds. The van der Waals surface area contributed by atoms with Crippen LogP contribution in [0.2, 0.25) is 0 Å². The quantitative estimate of drug-likeness (QED) is 0.618. The van der Waals surface area contributed by atoms with Crippen LogP contribution in [-0.4, -0.2) is 26.7 Å². The first-order chi connectivity index (χ1) is 11.6. The summed E-state index contributed by atoms with van der Waals surface area (Å²) in [4.78, 5) is 12.7. The first kappa shape index (κ1) is 16.7.